The van der Waals surface area contributed by atoms with Gasteiger partial charge in [0.2, 0.25) is 0 Å². The van der Waals surface area contributed by atoms with E-state index >= 15 is 0 Å². The van der Waals surface area contributed by atoms with Gasteiger partial charge in [0.15, 0.2) is 0 Å². The van der Waals surface area contributed by atoms with E-state index in [1.54, 1.807) is 4.90 Å². The summed E-state index contributed by atoms with van der Waals surface area (Å²) in [6, 6.07) is 5.53. The van der Waals surface area contributed by atoms with Crippen LogP contribution in [0, 0.1) is 5.82 Å². The first kappa shape index (κ1) is 14.5. The molecule has 0 spiro atoms. The third-order valence-corrected chi connectivity index (χ3v) is 3.33. The quantitative estimate of drug-likeness (QED) is 0.767. The second kappa shape index (κ2) is 6.47. The molecular weight excluding hydrogens is 263 g/mol. The molecule has 0 aromatic heterocycles. The van der Waals surface area contributed by atoms with Crippen LogP contribution in [0.25, 0.3) is 0 Å². The van der Waals surface area contributed by atoms with E-state index in [9.17, 15) is 14.0 Å². The highest BCUT2D eigenvalue weighted by atomic mass is 19.1. The molecule has 0 N–H and O–H groups in total. The molecule has 20 heavy (non-hydrogen) atoms. The Labute approximate surface area is 116 Å². The van der Waals surface area contributed by atoms with Gasteiger partial charge in [-0.05, 0) is 24.3 Å². The second-order valence-electron chi connectivity index (χ2n) is 4.65. The first-order valence-electron chi connectivity index (χ1n) is 6.44. The van der Waals surface area contributed by atoms with E-state index in [0.717, 1.165) is 0 Å². The monoisotopic (exact) mass is 280 g/mol. The van der Waals surface area contributed by atoms with Gasteiger partial charge in [-0.2, -0.15) is 0 Å². The van der Waals surface area contributed by atoms with Crippen LogP contribution in [0.2, 0.25) is 0 Å². The van der Waals surface area contributed by atoms with Crippen LogP contribution in [0.5, 0.6) is 0 Å². The van der Waals surface area contributed by atoms with Gasteiger partial charge in [-0.1, -0.05) is 0 Å². The number of rotatable bonds is 3. The van der Waals surface area contributed by atoms with Crippen LogP contribution in [-0.4, -0.2) is 61.5 Å². The van der Waals surface area contributed by atoms with Gasteiger partial charge in [-0.25, -0.2) is 4.39 Å². The van der Waals surface area contributed by atoms with Crippen LogP contribution in [0.4, 0.5) is 4.39 Å². The molecule has 0 aliphatic carbocycles. The zero-order valence-electron chi connectivity index (χ0n) is 11.3. The van der Waals surface area contributed by atoms with Crippen LogP contribution in [0.3, 0.4) is 0 Å². The number of benzene rings is 1. The summed E-state index contributed by atoms with van der Waals surface area (Å²) in [6.07, 6.45) is 0. The zero-order chi connectivity index (χ0) is 14.5. The fourth-order valence-electron chi connectivity index (χ4n) is 2.13. The van der Waals surface area contributed by atoms with Crippen LogP contribution in [0.15, 0.2) is 24.3 Å². The molecule has 1 saturated heterocycles. The highest BCUT2D eigenvalue weighted by molar-refractivity contribution is 5.94. The lowest BCUT2D eigenvalue weighted by molar-refractivity contribution is -0.142. The van der Waals surface area contributed by atoms with Crippen molar-refractivity contribution in [2.24, 2.45) is 0 Å². The first-order valence-corrected chi connectivity index (χ1v) is 6.44. The number of methoxy groups -OCH3 is 1. The summed E-state index contributed by atoms with van der Waals surface area (Å²) in [5.41, 5.74) is 0.479. The summed E-state index contributed by atoms with van der Waals surface area (Å²) in [5.74, 6) is -0.740. The average molecular weight is 280 g/mol. The molecule has 1 amide bonds. The molecule has 1 aliphatic rings. The molecule has 5 nitrogen and oxygen atoms in total. The van der Waals surface area contributed by atoms with E-state index < -0.39 is 0 Å². The molecule has 1 aromatic carbocycles. The third kappa shape index (κ3) is 3.54. The number of amides is 1. The fourth-order valence-corrected chi connectivity index (χ4v) is 2.13. The molecule has 0 unspecified atom stereocenters. The van der Waals surface area contributed by atoms with Crippen molar-refractivity contribution in [3.63, 3.8) is 0 Å². The van der Waals surface area contributed by atoms with Crippen LogP contribution < -0.4 is 0 Å². The summed E-state index contributed by atoms with van der Waals surface area (Å²) in [7, 11) is 1.36. The number of nitrogens with zero attached hydrogens (tertiary/aromatic N) is 2. The van der Waals surface area contributed by atoms with E-state index in [2.05, 4.69) is 4.74 Å². The number of esters is 1. The predicted octanol–water partition coefficient (Wildman–Crippen LogP) is 0.756. The van der Waals surface area contributed by atoms with Crippen molar-refractivity contribution in [1.29, 1.82) is 0 Å². The maximum absolute atomic E-state index is 12.8. The lowest BCUT2D eigenvalue weighted by Gasteiger charge is -2.34. The van der Waals surface area contributed by atoms with E-state index in [4.69, 9.17) is 0 Å². The van der Waals surface area contributed by atoms with E-state index in [1.807, 2.05) is 4.90 Å². The van der Waals surface area contributed by atoms with Gasteiger partial charge in [-0.3, -0.25) is 14.5 Å². The van der Waals surface area contributed by atoms with E-state index in [-0.39, 0.29) is 24.2 Å². The Hall–Kier alpha value is -1.95. The molecule has 6 heteroatoms. The Morgan fingerprint density at radius 3 is 2.30 bits per heavy atom. The van der Waals surface area contributed by atoms with Gasteiger partial charge in [0.1, 0.15) is 5.82 Å². The van der Waals surface area contributed by atoms with Crippen molar-refractivity contribution in [2.45, 2.75) is 0 Å². The predicted molar refractivity (Wildman–Crippen MR) is 70.8 cm³/mol. The SMILES string of the molecule is COC(=O)CN1CCN(C(=O)c2ccc(F)cc2)CC1. The maximum Gasteiger partial charge on any atom is 0.319 e. The number of hydrogen-bond donors (Lipinski definition) is 0. The van der Waals surface area contributed by atoms with Crippen LogP contribution in [-0.2, 0) is 9.53 Å². The van der Waals surface area contributed by atoms with Gasteiger partial charge in [-0.15, -0.1) is 0 Å². The molecule has 0 radical (unpaired) electrons. The van der Waals surface area contributed by atoms with E-state index in [0.29, 0.717) is 31.7 Å². The molecule has 1 aliphatic heterocycles. The topological polar surface area (TPSA) is 49.9 Å². The van der Waals surface area contributed by atoms with Crippen LogP contribution >= 0.6 is 0 Å². The molecule has 108 valence electrons. The average Bonchev–Trinajstić information content (AvgIpc) is 2.48. The van der Waals surface area contributed by atoms with Crippen molar-refractivity contribution in [3.8, 4) is 0 Å². The van der Waals surface area contributed by atoms with Gasteiger partial charge in [0, 0.05) is 31.7 Å². The van der Waals surface area contributed by atoms with Gasteiger partial charge < -0.3 is 9.64 Å². The lowest BCUT2D eigenvalue weighted by Crippen LogP contribution is -2.50. The van der Waals surface area contributed by atoms with Gasteiger partial charge in [0.05, 0.1) is 13.7 Å². The Morgan fingerprint density at radius 1 is 1.15 bits per heavy atom. The van der Waals surface area contributed by atoms with Crippen molar-refractivity contribution in [1.82, 2.24) is 9.80 Å². The Kier molecular flexibility index (Phi) is 4.68. The zero-order valence-corrected chi connectivity index (χ0v) is 11.3. The molecule has 1 heterocycles. The van der Waals surface area contributed by atoms with Gasteiger partial charge >= 0.3 is 5.97 Å². The summed E-state index contributed by atoms with van der Waals surface area (Å²) in [5, 5.41) is 0. The number of carbonyl (C=O) groups is 2. The highest BCUT2D eigenvalue weighted by Gasteiger charge is 2.23. The molecule has 0 bridgehead atoms. The summed E-state index contributed by atoms with van der Waals surface area (Å²) in [6.45, 7) is 2.60. The number of carbonyl (C=O) groups excluding carboxylic acids is 2. The third-order valence-electron chi connectivity index (χ3n) is 3.33. The molecule has 0 saturated carbocycles. The summed E-state index contributed by atoms with van der Waals surface area (Å²) < 4.78 is 17.4. The fraction of sp³-hybridized carbons (Fsp3) is 0.429. The highest BCUT2D eigenvalue weighted by Crippen LogP contribution is 2.10. The second-order valence-corrected chi connectivity index (χ2v) is 4.65. The standard InChI is InChI=1S/C14H17FN2O3/c1-20-13(18)10-16-6-8-17(9-7-16)14(19)11-2-4-12(15)5-3-11/h2-5H,6-10H2,1H3. The minimum Gasteiger partial charge on any atom is -0.468 e. The molecule has 0 atom stereocenters. The minimum atomic E-state index is -0.357. The molecule has 1 aromatic rings. The Morgan fingerprint density at radius 2 is 1.75 bits per heavy atom. The van der Waals surface area contributed by atoms with Crippen LogP contribution in [0.1, 0.15) is 10.4 Å². The molecular formula is C14H17FN2O3. The number of ether oxygens (including phenoxy) is 1. The van der Waals surface area contributed by atoms with E-state index in [1.165, 1.54) is 31.4 Å². The minimum absolute atomic E-state index is 0.109. The van der Waals surface area contributed by atoms with Gasteiger partial charge in [0.25, 0.3) is 5.91 Å². The van der Waals surface area contributed by atoms with Crippen molar-refractivity contribution in [2.75, 3.05) is 39.8 Å². The molecule has 1 fully saturated rings. The maximum atomic E-state index is 12.8. The Balaban J connectivity index is 1.88. The smallest absolute Gasteiger partial charge is 0.319 e. The number of halogens is 1. The van der Waals surface area contributed by atoms with Crippen molar-refractivity contribution < 1.29 is 18.7 Å². The Bertz CT molecular complexity index is 482. The normalized spacial score (nSPS) is 16.0. The first-order chi connectivity index (χ1) is 9.60. The van der Waals surface area contributed by atoms with Crippen molar-refractivity contribution in [3.05, 3.63) is 35.6 Å². The summed E-state index contributed by atoms with van der Waals surface area (Å²) >= 11 is 0. The lowest BCUT2D eigenvalue weighted by atomic mass is 10.2. The number of hydrogen-bond acceptors (Lipinski definition) is 4. The van der Waals surface area contributed by atoms with Crippen molar-refractivity contribution >= 4 is 11.9 Å². The summed E-state index contributed by atoms with van der Waals surface area (Å²) in [4.78, 5) is 27.0. The largest absolute Gasteiger partial charge is 0.468 e. The number of piperazine rings is 1. The molecule has 2 rings (SSSR count).